The van der Waals surface area contributed by atoms with E-state index in [1.165, 1.54) is 19.1 Å². The van der Waals surface area contributed by atoms with E-state index in [1.807, 2.05) is 38.1 Å². The minimum absolute atomic E-state index is 0.397. The normalized spacial score (nSPS) is 14.3. The quantitative estimate of drug-likeness (QED) is 0.585. The molecular formula is C18H21BrN4O2. The van der Waals surface area contributed by atoms with Gasteiger partial charge in [0.15, 0.2) is 5.76 Å². The Morgan fingerprint density at radius 2 is 1.88 bits per heavy atom. The highest BCUT2D eigenvalue weighted by molar-refractivity contribution is 9.10. The number of urea groups is 1. The van der Waals surface area contributed by atoms with Gasteiger partial charge >= 0.3 is 6.03 Å². The summed E-state index contributed by atoms with van der Waals surface area (Å²) in [5, 5.41) is 6.70. The van der Waals surface area contributed by atoms with E-state index in [1.54, 1.807) is 0 Å². The number of anilines is 2. The number of rotatable bonds is 4. The molecule has 1 aromatic carbocycles. The maximum absolute atomic E-state index is 11.9. The number of aryl methyl sites for hydroxylation is 2. The summed E-state index contributed by atoms with van der Waals surface area (Å²) in [6.45, 7) is 5.97. The monoisotopic (exact) mass is 404 g/mol. The van der Waals surface area contributed by atoms with Gasteiger partial charge in [0, 0.05) is 24.8 Å². The Balaban J connectivity index is 1.57. The van der Waals surface area contributed by atoms with Crippen LogP contribution in [-0.4, -0.2) is 25.3 Å². The van der Waals surface area contributed by atoms with Crippen molar-refractivity contribution in [3.63, 3.8) is 0 Å². The molecule has 2 aromatic rings. The molecule has 132 valence electrons. The third-order valence-electron chi connectivity index (χ3n) is 3.92. The first-order valence-corrected chi connectivity index (χ1v) is 9.03. The number of furan rings is 1. The highest BCUT2D eigenvalue weighted by atomic mass is 79.9. The minimum atomic E-state index is -0.397. The van der Waals surface area contributed by atoms with Gasteiger partial charge in [-0.25, -0.2) is 10.2 Å². The van der Waals surface area contributed by atoms with Gasteiger partial charge in [0.25, 0.3) is 0 Å². The van der Waals surface area contributed by atoms with Crippen molar-refractivity contribution >= 4 is 39.7 Å². The van der Waals surface area contributed by atoms with Crippen LogP contribution in [0.5, 0.6) is 0 Å². The number of nitrogens with zero attached hydrogens (tertiary/aromatic N) is 2. The fraction of sp³-hybridized carbons (Fsp3) is 0.333. The van der Waals surface area contributed by atoms with Crippen LogP contribution in [0, 0.1) is 13.8 Å². The van der Waals surface area contributed by atoms with E-state index < -0.39 is 6.03 Å². The Hall–Kier alpha value is -2.28. The summed E-state index contributed by atoms with van der Waals surface area (Å²) in [6, 6.07) is 7.31. The van der Waals surface area contributed by atoms with Gasteiger partial charge in [-0.3, -0.25) is 0 Å². The van der Waals surface area contributed by atoms with Gasteiger partial charge in [-0.05, 0) is 65.9 Å². The van der Waals surface area contributed by atoms with Crippen LogP contribution in [0.1, 0.15) is 29.7 Å². The fourth-order valence-electron chi connectivity index (χ4n) is 2.94. The Morgan fingerprint density at radius 1 is 1.20 bits per heavy atom. The van der Waals surface area contributed by atoms with Crippen molar-refractivity contribution in [2.45, 2.75) is 26.7 Å². The predicted octanol–water partition coefficient (Wildman–Crippen LogP) is 4.41. The van der Waals surface area contributed by atoms with Crippen LogP contribution >= 0.6 is 15.9 Å². The molecule has 0 saturated carbocycles. The molecule has 25 heavy (non-hydrogen) atoms. The molecule has 0 unspecified atom stereocenters. The van der Waals surface area contributed by atoms with Crippen molar-refractivity contribution in [3.05, 3.63) is 45.6 Å². The molecule has 1 aliphatic heterocycles. The summed E-state index contributed by atoms with van der Waals surface area (Å²) in [5.41, 5.74) is 5.37. The number of halogens is 1. The number of hydrogen-bond acceptors (Lipinski definition) is 4. The summed E-state index contributed by atoms with van der Waals surface area (Å²) in [5.74, 6) is 1.40. The summed E-state index contributed by atoms with van der Waals surface area (Å²) >= 11 is 3.51. The molecule has 6 nitrogen and oxygen atoms in total. The zero-order chi connectivity index (χ0) is 17.8. The Morgan fingerprint density at radius 3 is 2.56 bits per heavy atom. The SMILES string of the molecule is Cc1cc(C)cc(NC(=O)N/N=C/c2cc(Br)c(N3CCCC3)o2)c1. The van der Waals surface area contributed by atoms with Gasteiger partial charge in [-0.1, -0.05) is 6.07 Å². The lowest BCUT2D eigenvalue weighted by molar-refractivity contribution is 0.252. The lowest BCUT2D eigenvalue weighted by Gasteiger charge is -2.13. The van der Waals surface area contributed by atoms with Crippen molar-refractivity contribution < 1.29 is 9.21 Å². The van der Waals surface area contributed by atoms with Crippen LogP contribution in [0.2, 0.25) is 0 Å². The molecule has 0 spiro atoms. The minimum Gasteiger partial charge on any atom is -0.438 e. The summed E-state index contributed by atoms with van der Waals surface area (Å²) < 4.78 is 6.69. The third-order valence-corrected chi connectivity index (χ3v) is 4.49. The first kappa shape index (κ1) is 17.5. The molecule has 1 aliphatic rings. The van der Waals surface area contributed by atoms with Crippen molar-refractivity contribution in [3.8, 4) is 0 Å². The van der Waals surface area contributed by atoms with E-state index in [4.69, 9.17) is 4.42 Å². The van der Waals surface area contributed by atoms with E-state index in [9.17, 15) is 4.79 Å². The number of benzene rings is 1. The molecule has 2 N–H and O–H groups in total. The molecule has 0 bridgehead atoms. The largest absolute Gasteiger partial charge is 0.438 e. The molecule has 1 saturated heterocycles. The smallest absolute Gasteiger partial charge is 0.339 e. The van der Waals surface area contributed by atoms with Crippen molar-refractivity contribution in [2.24, 2.45) is 5.10 Å². The molecule has 2 amide bonds. The topological polar surface area (TPSA) is 69.9 Å². The fourth-order valence-corrected chi connectivity index (χ4v) is 3.49. The number of carbonyl (C=O) groups excluding carboxylic acids is 1. The molecule has 0 radical (unpaired) electrons. The summed E-state index contributed by atoms with van der Waals surface area (Å²) in [4.78, 5) is 14.1. The van der Waals surface area contributed by atoms with Crippen LogP contribution in [-0.2, 0) is 0 Å². The highest BCUT2D eigenvalue weighted by Crippen LogP contribution is 2.31. The van der Waals surface area contributed by atoms with E-state index in [2.05, 4.69) is 36.7 Å². The molecule has 7 heteroatoms. The van der Waals surface area contributed by atoms with Crippen LogP contribution < -0.4 is 15.6 Å². The average molecular weight is 405 g/mol. The Bertz CT molecular complexity index is 774. The van der Waals surface area contributed by atoms with Crippen LogP contribution in [0.3, 0.4) is 0 Å². The van der Waals surface area contributed by atoms with Crippen LogP contribution in [0.25, 0.3) is 0 Å². The van der Waals surface area contributed by atoms with Crippen molar-refractivity contribution in [2.75, 3.05) is 23.3 Å². The molecule has 0 aliphatic carbocycles. The van der Waals surface area contributed by atoms with Gasteiger partial charge in [-0.2, -0.15) is 5.10 Å². The van der Waals surface area contributed by atoms with E-state index in [-0.39, 0.29) is 0 Å². The third kappa shape index (κ3) is 4.63. The van der Waals surface area contributed by atoms with Gasteiger partial charge < -0.3 is 14.6 Å². The second kappa shape index (κ2) is 7.74. The number of nitrogens with one attached hydrogen (secondary N) is 2. The zero-order valence-electron chi connectivity index (χ0n) is 14.3. The predicted molar refractivity (Wildman–Crippen MR) is 104 cm³/mol. The maximum Gasteiger partial charge on any atom is 0.339 e. The standard InChI is InChI=1S/C18H21BrN4O2/c1-12-7-13(2)9-14(8-12)21-18(24)22-20-11-15-10-16(19)17(25-15)23-5-3-4-6-23/h7-11H,3-6H2,1-2H3,(H2,21,22,24)/b20-11+. The first-order chi connectivity index (χ1) is 12.0. The Labute approximate surface area is 155 Å². The molecule has 3 rings (SSSR count). The van der Waals surface area contributed by atoms with E-state index in [0.717, 1.165) is 40.3 Å². The van der Waals surface area contributed by atoms with Gasteiger partial charge in [0.1, 0.15) is 0 Å². The number of hydrogen-bond donors (Lipinski definition) is 2. The number of amides is 2. The van der Waals surface area contributed by atoms with Crippen molar-refractivity contribution in [1.82, 2.24) is 5.43 Å². The van der Waals surface area contributed by atoms with Gasteiger partial charge in [0.05, 0.1) is 10.7 Å². The highest BCUT2D eigenvalue weighted by Gasteiger charge is 2.19. The van der Waals surface area contributed by atoms with Crippen LogP contribution in [0.4, 0.5) is 16.4 Å². The Kier molecular flexibility index (Phi) is 5.43. The van der Waals surface area contributed by atoms with Gasteiger partial charge in [0.2, 0.25) is 5.88 Å². The summed E-state index contributed by atoms with van der Waals surface area (Å²) in [7, 11) is 0. The number of hydrazone groups is 1. The maximum atomic E-state index is 11.9. The second-order valence-electron chi connectivity index (χ2n) is 6.20. The molecule has 1 fully saturated rings. The lowest BCUT2D eigenvalue weighted by atomic mass is 10.1. The zero-order valence-corrected chi connectivity index (χ0v) is 15.9. The molecule has 1 aromatic heterocycles. The molecular weight excluding hydrogens is 384 g/mol. The van der Waals surface area contributed by atoms with Gasteiger partial charge in [-0.15, -0.1) is 0 Å². The van der Waals surface area contributed by atoms with E-state index in [0.29, 0.717) is 5.76 Å². The second-order valence-corrected chi connectivity index (χ2v) is 7.05. The van der Waals surface area contributed by atoms with E-state index >= 15 is 0 Å². The van der Waals surface area contributed by atoms with Crippen molar-refractivity contribution in [1.29, 1.82) is 0 Å². The average Bonchev–Trinajstić information content (AvgIpc) is 3.15. The molecule has 0 atom stereocenters. The van der Waals surface area contributed by atoms with Crippen LogP contribution in [0.15, 0.2) is 38.3 Å². The summed E-state index contributed by atoms with van der Waals surface area (Å²) in [6.07, 6.45) is 3.85. The first-order valence-electron chi connectivity index (χ1n) is 8.24. The molecule has 2 heterocycles. The lowest BCUT2D eigenvalue weighted by Crippen LogP contribution is -2.24. The number of carbonyl (C=O) groups is 1.